The first-order valence-electron chi connectivity index (χ1n) is 8.54. The lowest BCUT2D eigenvalue weighted by molar-refractivity contribution is -0.150. The van der Waals surface area contributed by atoms with Crippen molar-refractivity contribution in [3.05, 3.63) is 35.9 Å². The van der Waals surface area contributed by atoms with Crippen LogP contribution in [0.5, 0.6) is 0 Å². The van der Waals surface area contributed by atoms with Gasteiger partial charge in [-0.05, 0) is 25.3 Å². The molecule has 0 saturated carbocycles. The normalized spacial score (nSPS) is 20.3. The van der Waals surface area contributed by atoms with Gasteiger partial charge in [0.15, 0.2) is 0 Å². The van der Waals surface area contributed by atoms with Crippen molar-refractivity contribution in [2.24, 2.45) is 0 Å². The third-order valence-corrected chi connectivity index (χ3v) is 5.47. The number of nitrogens with zero attached hydrogens (tertiary/aromatic N) is 1. The first-order valence-corrected chi connectivity index (χ1v) is 9.69. The van der Waals surface area contributed by atoms with E-state index in [2.05, 4.69) is 5.32 Å². The summed E-state index contributed by atoms with van der Waals surface area (Å²) in [5.41, 5.74) is 1.03. The fourth-order valence-electron chi connectivity index (χ4n) is 2.86. The van der Waals surface area contributed by atoms with Crippen molar-refractivity contribution >= 4 is 29.6 Å². The lowest BCUT2D eigenvalue weighted by Gasteiger charge is -2.29. The van der Waals surface area contributed by atoms with Gasteiger partial charge in [-0.15, -0.1) is 0 Å². The molecular weight excluding hydrogens is 356 g/mol. The van der Waals surface area contributed by atoms with Gasteiger partial charge in [0.2, 0.25) is 5.91 Å². The zero-order valence-electron chi connectivity index (χ0n) is 14.6. The Bertz CT molecular complexity index is 640. The number of carbonyl (C=O) groups excluding carboxylic acids is 1. The molecule has 1 fully saturated rings. The van der Waals surface area contributed by atoms with Crippen molar-refractivity contribution < 1.29 is 24.6 Å². The third-order valence-electron chi connectivity index (χ3n) is 4.43. The van der Waals surface area contributed by atoms with Crippen molar-refractivity contribution in [2.75, 3.05) is 18.1 Å². The first-order chi connectivity index (χ1) is 12.4. The van der Waals surface area contributed by atoms with E-state index in [0.29, 0.717) is 30.9 Å². The van der Waals surface area contributed by atoms with Crippen LogP contribution in [0.2, 0.25) is 0 Å². The summed E-state index contributed by atoms with van der Waals surface area (Å²) in [6, 6.07) is 7.05. The van der Waals surface area contributed by atoms with E-state index in [-0.39, 0.29) is 5.91 Å². The number of carbonyl (C=O) groups is 3. The number of carboxylic acids is 2. The number of amides is 1. The van der Waals surface area contributed by atoms with Gasteiger partial charge in [-0.3, -0.25) is 14.9 Å². The molecule has 0 radical (unpaired) electrons. The Hall–Kier alpha value is -2.06. The summed E-state index contributed by atoms with van der Waals surface area (Å²) in [6.07, 6.45) is 0.927. The Morgan fingerprint density at radius 3 is 2.58 bits per heavy atom. The molecule has 0 aromatic heterocycles. The van der Waals surface area contributed by atoms with E-state index in [1.54, 1.807) is 0 Å². The fraction of sp³-hybridized carbons (Fsp3) is 0.500. The molecule has 142 valence electrons. The second-order valence-corrected chi connectivity index (χ2v) is 7.40. The molecule has 3 atom stereocenters. The van der Waals surface area contributed by atoms with Crippen LogP contribution in [-0.4, -0.2) is 69.1 Å². The number of nitrogens with one attached hydrogen (secondary N) is 1. The zero-order valence-corrected chi connectivity index (χ0v) is 15.4. The lowest BCUT2D eigenvalue weighted by atomic mass is 10.0. The highest BCUT2D eigenvalue weighted by molar-refractivity contribution is 7.99. The smallest absolute Gasteiger partial charge is 0.326 e. The maximum atomic E-state index is 12.7. The lowest BCUT2D eigenvalue weighted by Crippen LogP contribution is -2.55. The zero-order chi connectivity index (χ0) is 19.1. The van der Waals surface area contributed by atoms with Crippen molar-refractivity contribution in [3.63, 3.8) is 0 Å². The minimum Gasteiger partial charge on any atom is -0.480 e. The number of hydrogen-bond acceptors (Lipinski definition) is 5. The number of rotatable bonds is 8. The van der Waals surface area contributed by atoms with Crippen LogP contribution in [-0.2, 0) is 20.8 Å². The van der Waals surface area contributed by atoms with Gasteiger partial charge in [0.25, 0.3) is 0 Å². The second kappa shape index (κ2) is 9.59. The van der Waals surface area contributed by atoms with Crippen LogP contribution in [0.15, 0.2) is 30.3 Å². The molecule has 8 heteroatoms. The van der Waals surface area contributed by atoms with Crippen LogP contribution in [0.1, 0.15) is 18.9 Å². The highest BCUT2D eigenvalue weighted by Crippen LogP contribution is 2.16. The van der Waals surface area contributed by atoms with E-state index in [4.69, 9.17) is 0 Å². The predicted octanol–water partition coefficient (Wildman–Crippen LogP) is 1.08. The standard InChI is InChI=1S/C18H24N2O5S/c1-12(17(22)23)20-9-10-26-11-15(16(20)21)19-14(18(24)25)8-7-13-5-3-2-4-6-13/h2-6,12,14-15,19H,7-11H2,1H3,(H,22,23)(H,24,25)/t12-,14-,15-/m0/s1. The van der Waals surface area contributed by atoms with Crippen LogP contribution in [0.3, 0.4) is 0 Å². The van der Waals surface area contributed by atoms with Crippen molar-refractivity contribution in [1.82, 2.24) is 10.2 Å². The Labute approximate surface area is 156 Å². The molecule has 3 N–H and O–H groups in total. The predicted molar refractivity (Wildman–Crippen MR) is 99.2 cm³/mol. The Morgan fingerprint density at radius 2 is 1.96 bits per heavy atom. The molecule has 0 spiro atoms. The molecule has 1 amide bonds. The van der Waals surface area contributed by atoms with Gasteiger partial charge in [0.05, 0.1) is 6.04 Å². The summed E-state index contributed by atoms with van der Waals surface area (Å²) in [5.74, 6) is -1.38. The maximum Gasteiger partial charge on any atom is 0.326 e. The van der Waals surface area contributed by atoms with E-state index >= 15 is 0 Å². The summed E-state index contributed by atoms with van der Waals surface area (Å²) < 4.78 is 0. The van der Waals surface area contributed by atoms with Crippen molar-refractivity contribution in [1.29, 1.82) is 0 Å². The first kappa shape index (κ1) is 20.3. The molecule has 7 nitrogen and oxygen atoms in total. The van der Waals surface area contributed by atoms with Crippen molar-refractivity contribution in [2.45, 2.75) is 37.9 Å². The monoisotopic (exact) mass is 380 g/mol. The summed E-state index contributed by atoms with van der Waals surface area (Å²) in [6.45, 7) is 1.81. The Balaban J connectivity index is 2.04. The Kier molecular flexibility index (Phi) is 7.47. The second-order valence-electron chi connectivity index (χ2n) is 6.26. The average molecular weight is 380 g/mol. The molecule has 1 aliphatic heterocycles. The number of aliphatic carboxylic acids is 2. The van der Waals surface area contributed by atoms with E-state index in [1.165, 1.54) is 23.6 Å². The number of thioether (sulfide) groups is 1. The van der Waals surface area contributed by atoms with Gasteiger partial charge >= 0.3 is 11.9 Å². The van der Waals surface area contributed by atoms with Crippen LogP contribution in [0.4, 0.5) is 0 Å². The molecule has 1 heterocycles. The molecule has 1 saturated heterocycles. The summed E-state index contributed by atoms with van der Waals surface area (Å²) in [7, 11) is 0. The van der Waals surface area contributed by atoms with E-state index in [0.717, 1.165) is 5.56 Å². The summed E-state index contributed by atoms with van der Waals surface area (Å²) >= 11 is 1.52. The van der Waals surface area contributed by atoms with Gasteiger partial charge in [-0.1, -0.05) is 30.3 Å². The van der Waals surface area contributed by atoms with Gasteiger partial charge in [0, 0.05) is 18.1 Å². The number of hydrogen-bond donors (Lipinski definition) is 3. The average Bonchev–Trinajstić information content (AvgIpc) is 2.80. The van der Waals surface area contributed by atoms with Crippen LogP contribution < -0.4 is 5.32 Å². The molecule has 1 aromatic carbocycles. The fourth-order valence-corrected chi connectivity index (χ4v) is 3.83. The molecule has 0 unspecified atom stereocenters. The third kappa shape index (κ3) is 5.47. The molecule has 1 aromatic rings. The molecule has 0 aliphatic carbocycles. The van der Waals surface area contributed by atoms with Gasteiger partial charge in [-0.2, -0.15) is 11.8 Å². The summed E-state index contributed by atoms with van der Waals surface area (Å²) in [5, 5.41) is 21.6. The molecule has 0 bridgehead atoms. The minimum atomic E-state index is -1.07. The Morgan fingerprint density at radius 1 is 1.27 bits per heavy atom. The molecule has 1 aliphatic rings. The molecule has 26 heavy (non-hydrogen) atoms. The highest BCUT2D eigenvalue weighted by Gasteiger charge is 2.35. The SMILES string of the molecule is C[C@@H](C(=O)O)N1CCSC[C@H](N[C@@H](CCc2ccccc2)C(=O)O)C1=O. The van der Waals surface area contributed by atoms with Crippen LogP contribution >= 0.6 is 11.8 Å². The number of aryl methyl sites for hydroxylation is 1. The van der Waals surface area contributed by atoms with Crippen LogP contribution in [0, 0.1) is 0 Å². The van der Waals surface area contributed by atoms with Gasteiger partial charge in [-0.25, -0.2) is 4.79 Å². The van der Waals surface area contributed by atoms with Gasteiger partial charge < -0.3 is 15.1 Å². The van der Waals surface area contributed by atoms with E-state index in [1.807, 2.05) is 30.3 Å². The largest absolute Gasteiger partial charge is 0.480 e. The quantitative estimate of drug-likeness (QED) is 0.619. The maximum absolute atomic E-state index is 12.7. The van der Waals surface area contributed by atoms with Crippen LogP contribution in [0.25, 0.3) is 0 Å². The summed E-state index contributed by atoms with van der Waals surface area (Å²) in [4.78, 5) is 36.9. The number of benzene rings is 1. The van der Waals surface area contributed by atoms with E-state index in [9.17, 15) is 24.6 Å². The van der Waals surface area contributed by atoms with Gasteiger partial charge in [0.1, 0.15) is 12.1 Å². The molecule has 2 rings (SSSR count). The van der Waals surface area contributed by atoms with E-state index < -0.39 is 30.1 Å². The van der Waals surface area contributed by atoms with Crippen molar-refractivity contribution in [3.8, 4) is 0 Å². The number of carboxylic acid groups (broad SMARTS) is 2. The topological polar surface area (TPSA) is 107 Å². The minimum absolute atomic E-state index is 0.344. The molecular formula is C18H24N2O5S. The highest BCUT2D eigenvalue weighted by atomic mass is 32.2.